The third-order valence-corrected chi connectivity index (χ3v) is 3.88. The van der Waals surface area contributed by atoms with Crippen LogP contribution in [0.5, 0.6) is 0 Å². The van der Waals surface area contributed by atoms with Gasteiger partial charge in [-0.05, 0) is 24.3 Å². The standard InChI is InChI=1S/C16H22O/c1-2-16(17)15-11-9-14(10-12-15)13-7-5-3-4-6-8-13/h9-13H,2-8H2,1H3. The summed E-state index contributed by atoms with van der Waals surface area (Å²) in [6.07, 6.45) is 8.75. The second-order valence-electron chi connectivity index (χ2n) is 5.09. The summed E-state index contributed by atoms with van der Waals surface area (Å²) in [6.45, 7) is 1.92. The summed E-state index contributed by atoms with van der Waals surface area (Å²) >= 11 is 0. The molecule has 1 aromatic carbocycles. The van der Waals surface area contributed by atoms with E-state index in [0.717, 1.165) is 11.5 Å². The van der Waals surface area contributed by atoms with Crippen LogP contribution in [0.4, 0.5) is 0 Å². The molecule has 0 unspecified atom stereocenters. The van der Waals surface area contributed by atoms with Gasteiger partial charge in [0.15, 0.2) is 5.78 Å². The summed E-state index contributed by atoms with van der Waals surface area (Å²) in [6, 6.07) is 8.34. The fourth-order valence-electron chi connectivity index (χ4n) is 2.76. The zero-order valence-electron chi connectivity index (χ0n) is 10.7. The van der Waals surface area contributed by atoms with Crippen LogP contribution in [0.2, 0.25) is 0 Å². The Morgan fingerprint density at radius 1 is 1.06 bits per heavy atom. The Balaban J connectivity index is 2.08. The minimum Gasteiger partial charge on any atom is -0.294 e. The lowest BCUT2D eigenvalue weighted by Crippen LogP contribution is -2.00. The van der Waals surface area contributed by atoms with Crippen LogP contribution >= 0.6 is 0 Å². The van der Waals surface area contributed by atoms with Crippen LogP contribution in [-0.2, 0) is 0 Å². The quantitative estimate of drug-likeness (QED) is 0.542. The molecule has 0 heterocycles. The van der Waals surface area contributed by atoms with Gasteiger partial charge in [0.05, 0.1) is 0 Å². The van der Waals surface area contributed by atoms with Crippen molar-refractivity contribution in [3.05, 3.63) is 35.4 Å². The molecule has 0 radical (unpaired) electrons. The maximum atomic E-state index is 11.6. The van der Waals surface area contributed by atoms with Crippen molar-refractivity contribution in [2.24, 2.45) is 0 Å². The van der Waals surface area contributed by atoms with Gasteiger partial charge >= 0.3 is 0 Å². The first-order chi connectivity index (χ1) is 8.31. The van der Waals surface area contributed by atoms with Crippen molar-refractivity contribution in [2.75, 3.05) is 0 Å². The van der Waals surface area contributed by atoms with Gasteiger partial charge in [0.25, 0.3) is 0 Å². The lowest BCUT2D eigenvalue weighted by atomic mass is 9.91. The third kappa shape index (κ3) is 3.18. The molecule has 0 atom stereocenters. The van der Waals surface area contributed by atoms with E-state index < -0.39 is 0 Å². The molecule has 0 amide bonds. The summed E-state index contributed by atoms with van der Waals surface area (Å²) in [5.74, 6) is 0.973. The molecular weight excluding hydrogens is 208 g/mol. The van der Waals surface area contributed by atoms with E-state index in [-0.39, 0.29) is 5.78 Å². The molecule has 1 aliphatic rings. The van der Waals surface area contributed by atoms with E-state index in [9.17, 15) is 4.79 Å². The minimum atomic E-state index is 0.248. The van der Waals surface area contributed by atoms with Crippen LogP contribution in [0.15, 0.2) is 24.3 Å². The molecule has 0 bridgehead atoms. The number of benzene rings is 1. The minimum absolute atomic E-state index is 0.248. The number of Topliss-reactive ketones (excluding diaryl/α,β-unsaturated/α-hetero) is 1. The first-order valence-electron chi connectivity index (χ1n) is 6.94. The normalized spacial score (nSPS) is 17.7. The van der Waals surface area contributed by atoms with Crippen LogP contribution in [0, 0.1) is 0 Å². The Morgan fingerprint density at radius 3 is 2.18 bits per heavy atom. The van der Waals surface area contributed by atoms with Crippen molar-refractivity contribution >= 4 is 5.78 Å². The molecule has 17 heavy (non-hydrogen) atoms. The Bertz CT molecular complexity index is 356. The second kappa shape index (κ2) is 6.00. The van der Waals surface area contributed by atoms with Gasteiger partial charge in [0.1, 0.15) is 0 Å². The number of carbonyl (C=O) groups is 1. The van der Waals surface area contributed by atoms with Gasteiger partial charge in [0, 0.05) is 12.0 Å². The molecule has 1 fully saturated rings. The van der Waals surface area contributed by atoms with Gasteiger partial charge in [-0.25, -0.2) is 0 Å². The molecule has 1 nitrogen and oxygen atoms in total. The van der Waals surface area contributed by atoms with E-state index >= 15 is 0 Å². The van der Waals surface area contributed by atoms with Crippen LogP contribution in [0.1, 0.15) is 73.7 Å². The predicted octanol–water partition coefficient (Wildman–Crippen LogP) is 4.72. The predicted molar refractivity (Wildman–Crippen MR) is 71.5 cm³/mol. The average Bonchev–Trinajstić information content (AvgIpc) is 2.67. The molecule has 0 saturated heterocycles. The Morgan fingerprint density at radius 2 is 1.65 bits per heavy atom. The monoisotopic (exact) mass is 230 g/mol. The summed E-state index contributed by atoms with van der Waals surface area (Å²) in [7, 11) is 0. The van der Waals surface area contributed by atoms with Crippen LogP contribution in [-0.4, -0.2) is 5.78 Å². The smallest absolute Gasteiger partial charge is 0.162 e. The zero-order valence-corrected chi connectivity index (χ0v) is 10.7. The number of hydrogen-bond acceptors (Lipinski definition) is 1. The molecule has 2 rings (SSSR count). The first-order valence-corrected chi connectivity index (χ1v) is 6.94. The Labute approximate surface area is 104 Å². The van der Waals surface area contributed by atoms with Gasteiger partial charge in [0.2, 0.25) is 0 Å². The summed E-state index contributed by atoms with van der Waals surface area (Å²) in [5.41, 5.74) is 2.30. The highest BCUT2D eigenvalue weighted by Crippen LogP contribution is 2.31. The zero-order chi connectivity index (χ0) is 12.1. The summed E-state index contributed by atoms with van der Waals surface area (Å²) in [5, 5.41) is 0. The molecule has 92 valence electrons. The molecule has 1 saturated carbocycles. The molecule has 0 N–H and O–H groups in total. The highest BCUT2D eigenvalue weighted by molar-refractivity contribution is 5.95. The molecule has 1 aromatic rings. The number of carbonyl (C=O) groups excluding carboxylic acids is 1. The number of ketones is 1. The summed E-state index contributed by atoms with van der Waals surface area (Å²) in [4.78, 5) is 11.6. The SMILES string of the molecule is CCC(=O)c1ccc(C2CCCCCC2)cc1. The van der Waals surface area contributed by atoms with E-state index in [1.807, 2.05) is 19.1 Å². The third-order valence-electron chi connectivity index (χ3n) is 3.88. The van der Waals surface area contributed by atoms with E-state index in [4.69, 9.17) is 0 Å². The summed E-state index contributed by atoms with van der Waals surface area (Å²) < 4.78 is 0. The van der Waals surface area contributed by atoms with Gasteiger partial charge in [-0.2, -0.15) is 0 Å². The molecule has 1 aliphatic carbocycles. The van der Waals surface area contributed by atoms with Gasteiger partial charge in [-0.1, -0.05) is 56.9 Å². The largest absolute Gasteiger partial charge is 0.294 e. The van der Waals surface area contributed by atoms with Crippen LogP contribution in [0.25, 0.3) is 0 Å². The number of hydrogen-bond donors (Lipinski definition) is 0. The molecule has 0 aliphatic heterocycles. The maximum absolute atomic E-state index is 11.6. The lowest BCUT2D eigenvalue weighted by Gasteiger charge is -2.14. The van der Waals surface area contributed by atoms with E-state index in [1.54, 1.807) is 0 Å². The fraction of sp³-hybridized carbons (Fsp3) is 0.562. The van der Waals surface area contributed by atoms with Gasteiger partial charge < -0.3 is 0 Å². The Kier molecular flexibility index (Phi) is 4.36. The van der Waals surface area contributed by atoms with Crippen molar-refractivity contribution < 1.29 is 4.79 Å². The topological polar surface area (TPSA) is 17.1 Å². The van der Waals surface area contributed by atoms with E-state index in [0.29, 0.717) is 6.42 Å². The number of rotatable bonds is 3. The molecule has 0 aromatic heterocycles. The van der Waals surface area contributed by atoms with Crippen LogP contribution < -0.4 is 0 Å². The first kappa shape index (κ1) is 12.3. The average molecular weight is 230 g/mol. The van der Waals surface area contributed by atoms with Crippen molar-refractivity contribution in [3.8, 4) is 0 Å². The Hall–Kier alpha value is -1.11. The molecular formula is C16H22O. The van der Waals surface area contributed by atoms with Gasteiger partial charge in [-0.3, -0.25) is 4.79 Å². The molecule has 0 spiro atoms. The van der Waals surface area contributed by atoms with Gasteiger partial charge in [-0.15, -0.1) is 0 Å². The van der Waals surface area contributed by atoms with Crippen molar-refractivity contribution in [2.45, 2.75) is 57.8 Å². The van der Waals surface area contributed by atoms with Crippen molar-refractivity contribution in [1.82, 2.24) is 0 Å². The highest BCUT2D eigenvalue weighted by Gasteiger charge is 2.14. The second-order valence-corrected chi connectivity index (χ2v) is 5.09. The van der Waals surface area contributed by atoms with Crippen molar-refractivity contribution in [3.63, 3.8) is 0 Å². The highest BCUT2D eigenvalue weighted by atomic mass is 16.1. The fourth-order valence-corrected chi connectivity index (χ4v) is 2.76. The van der Waals surface area contributed by atoms with Crippen molar-refractivity contribution in [1.29, 1.82) is 0 Å². The van der Waals surface area contributed by atoms with E-state index in [1.165, 1.54) is 44.1 Å². The van der Waals surface area contributed by atoms with E-state index in [2.05, 4.69) is 12.1 Å². The maximum Gasteiger partial charge on any atom is 0.162 e. The molecule has 1 heteroatoms. The lowest BCUT2D eigenvalue weighted by molar-refractivity contribution is 0.0988. The van der Waals surface area contributed by atoms with Crippen LogP contribution in [0.3, 0.4) is 0 Å².